The van der Waals surface area contributed by atoms with Gasteiger partial charge in [0.1, 0.15) is 6.54 Å². The van der Waals surface area contributed by atoms with Crippen molar-refractivity contribution in [2.45, 2.75) is 0 Å². The van der Waals surface area contributed by atoms with Gasteiger partial charge in [-0.1, -0.05) is 12.1 Å². The summed E-state index contributed by atoms with van der Waals surface area (Å²) < 4.78 is 1.37. The van der Waals surface area contributed by atoms with Gasteiger partial charge in [-0.05, 0) is 42.5 Å². The maximum absolute atomic E-state index is 13.0. The van der Waals surface area contributed by atoms with Crippen LogP contribution >= 0.6 is 0 Å². The number of para-hydroxylation sites is 2. The molecule has 2 N–H and O–H groups in total. The van der Waals surface area contributed by atoms with E-state index in [4.69, 9.17) is 0 Å². The molecule has 8 nitrogen and oxygen atoms in total. The first-order chi connectivity index (χ1) is 14.4. The molecule has 0 bridgehead atoms. The maximum Gasteiger partial charge on any atom is 0.258 e. The lowest BCUT2D eigenvalue weighted by Gasteiger charge is -2.29. The number of anilines is 3. The minimum Gasteiger partial charge on any atom is -0.323 e. The predicted molar refractivity (Wildman–Crippen MR) is 113 cm³/mol. The lowest BCUT2D eigenvalue weighted by atomic mass is 10.1. The number of aromatic nitrogens is 1. The van der Waals surface area contributed by atoms with Crippen LogP contribution < -0.4 is 21.1 Å². The lowest BCUT2D eigenvalue weighted by molar-refractivity contribution is -0.115. The van der Waals surface area contributed by atoms with Crippen molar-refractivity contribution in [1.29, 1.82) is 0 Å². The lowest BCUT2D eigenvalue weighted by Crippen LogP contribution is -2.42. The highest BCUT2D eigenvalue weighted by Gasteiger charge is 2.27. The summed E-state index contributed by atoms with van der Waals surface area (Å²) in [5.41, 5.74) is 2.04. The number of pyridine rings is 1. The van der Waals surface area contributed by atoms with Gasteiger partial charge >= 0.3 is 0 Å². The fourth-order valence-electron chi connectivity index (χ4n) is 3.16. The summed E-state index contributed by atoms with van der Waals surface area (Å²) in [5.74, 6) is -1.00. The molecule has 0 saturated heterocycles. The van der Waals surface area contributed by atoms with Crippen LogP contribution in [0, 0.1) is 0 Å². The van der Waals surface area contributed by atoms with Gasteiger partial charge in [0.05, 0.1) is 11.4 Å². The molecule has 2 aromatic carbocycles. The maximum atomic E-state index is 13.0. The number of amides is 3. The molecule has 1 aliphatic rings. The number of hydrogen-bond donors (Lipinski definition) is 2. The van der Waals surface area contributed by atoms with Gasteiger partial charge in [0.25, 0.3) is 17.4 Å². The zero-order valence-electron chi connectivity index (χ0n) is 16.1. The Balaban J connectivity index is 1.52. The third kappa shape index (κ3) is 3.70. The van der Waals surface area contributed by atoms with E-state index in [2.05, 4.69) is 10.6 Å². The molecule has 8 heteroatoms. The van der Waals surface area contributed by atoms with Crippen molar-refractivity contribution >= 4 is 34.8 Å². The van der Waals surface area contributed by atoms with Gasteiger partial charge in [-0.25, -0.2) is 0 Å². The van der Waals surface area contributed by atoms with Gasteiger partial charge in [0, 0.05) is 36.1 Å². The first kappa shape index (κ1) is 19.1. The summed E-state index contributed by atoms with van der Waals surface area (Å²) in [6.07, 6.45) is 1.52. The number of hydrogen-bond acceptors (Lipinski definition) is 4. The van der Waals surface area contributed by atoms with Gasteiger partial charge in [0.2, 0.25) is 5.91 Å². The molecular weight excluding hydrogens is 384 g/mol. The van der Waals surface area contributed by atoms with Gasteiger partial charge in [-0.3, -0.25) is 24.1 Å². The molecule has 1 aliphatic heterocycles. The first-order valence-corrected chi connectivity index (χ1v) is 9.21. The minimum absolute atomic E-state index is 0.0721. The molecule has 30 heavy (non-hydrogen) atoms. The molecule has 3 amide bonds. The van der Waals surface area contributed by atoms with Crippen molar-refractivity contribution in [2.75, 3.05) is 22.1 Å². The van der Waals surface area contributed by atoms with Gasteiger partial charge in [0.15, 0.2) is 0 Å². The summed E-state index contributed by atoms with van der Waals surface area (Å²) >= 11 is 0. The molecule has 2 heterocycles. The standard InChI is InChI=1S/C22H18N4O4/c1-25-11-10-15(12-20(25)28)21(29)23-16-8-6-14(7-9-16)22(30)26-13-19(27)24-17-4-2-3-5-18(17)26/h2-12H,13H2,1H3,(H,23,29)(H,24,27). The largest absolute Gasteiger partial charge is 0.323 e. The molecule has 0 saturated carbocycles. The Morgan fingerprint density at radius 2 is 1.70 bits per heavy atom. The second kappa shape index (κ2) is 7.67. The van der Waals surface area contributed by atoms with Crippen molar-refractivity contribution < 1.29 is 14.4 Å². The Bertz CT molecular complexity index is 1210. The van der Waals surface area contributed by atoms with Crippen LogP contribution in [-0.2, 0) is 11.8 Å². The Labute approximate surface area is 171 Å². The molecular formula is C22H18N4O4. The van der Waals surface area contributed by atoms with E-state index in [0.29, 0.717) is 22.6 Å². The Hall–Kier alpha value is -4.20. The van der Waals surface area contributed by atoms with Gasteiger partial charge in [-0.2, -0.15) is 0 Å². The fraction of sp³-hybridized carbons (Fsp3) is 0.0909. The third-order valence-corrected chi connectivity index (χ3v) is 4.77. The normalized spacial score (nSPS) is 12.7. The van der Waals surface area contributed by atoms with E-state index in [0.717, 1.165) is 0 Å². The number of carbonyl (C=O) groups is 3. The number of rotatable bonds is 3. The Morgan fingerprint density at radius 3 is 2.43 bits per heavy atom. The number of nitrogens with one attached hydrogen (secondary N) is 2. The number of fused-ring (bicyclic) bond motifs is 1. The van der Waals surface area contributed by atoms with E-state index in [-0.39, 0.29) is 29.5 Å². The average Bonchev–Trinajstić information content (AvgIpc) is 2.75. The van der Waals surface area contributed by atoms with Gasteiger partial charge < -0.3 is 15.2 Å². The van der Waals surface area contributed by atoms with Crippen LogP contribution in [0.2, 0.25) is 0 Å². The second-order valence-electron chi connectivity index (χ2n) is 6.85. The highest BCUT2D eigenvalue weighted by molar-refractivity contribution is 6.15. The molecule has 0 atom stereocenters. The zero-order valence-corrected chi connectivity index (χ0v) is 16.1. The van der Waals surface area contributed by atoms with E-state index < -0.39 is 5.91 Å². The van der Waals surface area contributed by atoms with Crippen LogP contribution in [0.4, 0.5) is 17.1 Å². The molecule has 3 aromatic rings. The van der Waals surface area contributed by atoms with Crippen molar-refractivity contribution in [3.8, 4) is 0 Å². The first-order valence-electron chi connectivity index (χ1n) is 9.21. The molecule has 0 spiro atoms. The van der Waals surface area contributed by atoms with Crippen LogP contribution in [0.5, 0.6) is 0 Å². The number of aryl methyl sites for hydroxylation is 1. The molecule has 0 radical (unpaired) electrons. The number of carbonyl (C=O) groups excluding carboxylic acids is 3. The minimum atomic E-state index is -0.423. The fourth-order valence-corrected chi connectivity index (χ4v) is 3.16. The van der Waals surface area contributed by atoms with Crippen molar-refractivity contribution in [1.82, 2.24) is 4.57 Å². The van der Waals surface area contributed by atoms with E-state index >= 15 is 0 Å². The molecule has 0 fully saturated rings. The summed E-state index contributed by atoms with van der Waals surface area (Å²) in [6.45, 7) is -0.0721. The van der Waals surface area contributed by atoms with Crippen LogP contribution in [0.25, 0.3) is 0 Å². The average molecular weight is 402 g/mol. The summed E-state index contributed by atoms with van der Waals surface area (Å²) in [7, 11) is 1.60. The molecule has 0 unspecified atom stereocenters. The Kier molecular flexibility index (Phi) is 4.89. The van der Waals surface area contributed by atoms with E-state index in [9.17, 15) is 19.2 Å². The van der Waals surface area contributed by atoms with Crippen molar-refractivity contribution in [2.24, 2.45) is 7.05 Å². The predicted octanol–water partition coefficient (Wildman–Crippen LogP) is 2.24. The highest BCUT2D eigenvalue weighted by atomic mass is 16.2. The monoisotopic (exact) mass is 402 g/mol. The van der Waals surface area contributed by atoms with Crippen LogP contribution in [0.1, 0.15) is 20.7 Å². The molecule has 1 aromatic heterocycles. The second-order valence-corrected chi connectivity index (χ2v) is 6.85. The van der Waals surface area contributed by atoms with Crippen molar-refractivity contribution in [3.63, 3.8) is 0 Å². The van der Waals surface area contributed by atoms with E-state index in [1.807, 2.05) is 0 Å². The molecule has 150 valence electrons. The Morgan fingerprint density at radius 1 is 0.967 bits per heavy atom. The highest BCUT2D eigenvalue weighted by Crippen LogP contribution is 2.30. The number of benzene rings is 2. The van der Waals surface area contributed by atoms with Gasteiger partial charge in [-0.15, -0.1) is 0 Å². The molecule has 0 aliphatic carbocycles. The SMILES string of the molecule is Cn1ccc(C(=O)Nc2ccc(C(=O)N3CC(=O)Nc4ccccc43)cc2)cc1=O. The topological polar surface area (TPSA) is 101 Å². The quantitative estimate of drug-likeness (QED) is 0.702. The summed E-state index contributed by atoms with van der Waals surface area (Å²) in [4.78, 5) is 50.4. The zero-order chi connectivity index (χ0) is 21.3. The van der Waals surface area contributed by atoms with Crippen LogP contribution in [0.3, 0.4) is 0 Å². The van der Waals surface area contributed by atoms with Crippen LogP contribution in [-0.4, -0.2) is 28.8 Å². The molecule has 4 rings (SSSR count). The van der Waals surface area contributed by atoms with Crippen LogP contribution in [0.15, 0.2) is 71.7 Å². The third-order valence-electron chi connectivity index (χ3n) is 4.77. The summed E-state index contributed by atoms with van der Waals surface area (Å²) in [6, 6.07) is 16.3. The summed E-state index contributed by atoms with van der Waals surface area (Å²) in [5, 5.41) is 5.44. The van der Waals surface area contributed by atoms with E-state index in [1.165, 1.54) is 21.7 Å². The van der Waals surface area contributed by atoms with Crippen molar-refractivity contribution in [3.05, 3.63) is 88.3 Å². The van der Waals surface area contributed by atoms with E-state index in [1.54, 1.807) is 61.6 Å². The number of nitrogens with zero attached hydrogens (tertiary/aromatic N) is 2. The smallest absolute Gasteiger partial charge is 0.258 e.